The van der Waals surface area contributed by atoms with Crippen molar-refractivity contribution in [3.05, 3.63) is 23.3 Å². The van der Waals surface area contributed by atoms with Crippen LogP contribution in [0, 0.1) is 58.2 Å². The molecule has 51 heavy (non-hydrogen) atoms. The van der Waals surface area contributed by atoms with Crippen molar-refractivity contribution in [2.24, 2.45) is 58.2 Å². The summed E-state index contributed by atoms with van der Waals surface area (Å²) in [6.07, 6.45) is 20.6. The number of carbonyl (C=O) groups excluding carboxylic acids is 4. The van der Waals surface area contributed by atoms with Crippen LogP contribution >= 0.6 is 0 Å². The van der Waals surface area contributed by atoms with Crippen LogP contribution < -0.4 is 56.5 Å². The summed E-state index contributed by atoms with van der Waals surface area (Å²) in [5.74, 6) is 7.36. The molecule has 0 aliphatic heterocycles. The van der Waals surface area contributed by atoms with Gasteiger partial charge in [-0.1, -0.05) is 51.8 Å². The van der Waals surface area contributed by atoms with Crippen molar-refractivity contribution in [1.29, 1.82) is 0 Å². The molecule has 0 aromatic rings. The van der Waals surface area contributed by atoms with Crippen molar-refractivity contribution >= 4 is 23.1 Å². The van der Waals surface area contributed by atoms with Gasteiger partial charge in [0.25, 0.3) is 0 Å². The Morgan fingerprint density at radius 3 is 1.67 bits per heavy atom. The Bertz CT molecular complexity index is 1360. The van der Waals surface area contributed by atoms with Crippen molar-refractivity contribution in [3.63, 3.8) is 0 Å². The second kappa shape index (κ2) is 16.8. The Hall–Kier alpha value is -0.284. The van der Waals surface area contributed by atoms with Crippen LogP contribution in [0.15, 0.2) is 23.3 Å². The molecule has 8 aliphatic carbocycles. The normalized spacial score (nSPS) is 39.5. The van der Waals surface area contributed by atoms with Crippen molar-refractivity contribution in [2.45, 2.75) is 169 Å². The fraction of sp³-hybridized carbons (Fsp3) is 0.818. The van der Waals surface area contributed by atoms with Gasteiger partial charge in [0.2, 0.25) is 0 Å². The van der Waals surface area contributed by atoms with Crippen molar-refractivity contribution in [3.8, 4) is 0 Å². The average molecular weight is 731 g/mol. The van der Waals surface area contributed by atoms with Gasteiger partial charge in [-0.3, -0.25) is 19.2 Å². The molecule has 6 fully saturated rings. The molecule has 0 bridgehead atoms. The quantitative estimate of drug-likeness (QED) is 0.267. The number of Topliss-reactive ketones (excluding diaryl/α,β-unsaturated/α-hetero) is 3. The molecule has 0 aromatic heterocycles. The third-order valence-corrected chi connectivity index (χ3v) is 14.0. The number of ketones is 4. The number of hydrogen-bond acceptors (Lipinski definition) is 6. The number of rotatable bonds is 0. The molecule has 6 saturated carbocycles. The number of fused-ring (bicyclic) bond motifs is 10. The van der Waals surface area contributed by atoms with Gasteiger partial charge < -0.3 is 10.2 Å². The summed E-state index contributed by atoms with van der Waals surface area (Å²) in [5, 5.41) is 18.6. The van der Waals surface area contributed by atoms with Crippen LogP contribution in [0.5, 0.6) is 0 Å². The van der Waals surface area contributed by atoms with Crippen LogP contribution in [-0.2, 0) is 19.2 Å². The fourth-order valence-corrected chi connectivity index (χ4v) is 11.8. The molecule has 0 spiro atoms. The van der Waals surface area contributed by atoms with Crippen LogP contribution in [0.3, 0.4) is 0 Å². The Morgan fingerprint density at radius 1 is 0.647 bits per heavy atom. The first-order valence-electron chi connectivity index (χ1n) is 20.1. The molecule has 280 valence electrons. The molecule has 0 aromatic carbocycles. The zero-order valence-corrected chi connectivity index (χ0v) is 36.7. The first-order chi connectivity index (χ1) is 23.2. The van der Waals surface area contributed by atoms with Crippen LogP contribution in [0.4, 0.5) is 0 Å². The topological polar surface area (TPSA) is 112 Å². The minimum absolute atomic E-state index is 0. The van der Waals surface area contributed by atoms with E-state index >= 15 is 0 Å². The van der Waals surface area contributed by atoms with E-state index in [0.29, 0.717) is 52.7 Å². The van der Waals surface area contributed by atoms with Gasteiger partial charge in [0.1, 0.15) is 17.3 Å². The zero-order chi connectivity index (χ0) is 36.8. The molecule has 0 unspecified atom stereocenters. The molecule has 7 heteroatoms. The van der Waals surface area contributed by atoms with Gasteiger partial charge in [-0.2, -0.15) is 0 Å². The molecule has 0 heterocycles. The molecule has 0 amide bonds. The number of hydrogen-bond donors (Lipinski definition) is 1. The summed E-state index contributed by atoms with van der Waals surface area (Å²) in [5.41, 5.74) is 1.61. The first kappa shape index (κ1) is 43.4. The van der Waals surface area contributed by atoms with Gasteiger partial charge in [-0.15, -0.1) is 5.60 Å². The maximum atomic E-state index is 12.3. The molecule has 1 N–H and O–H groups in total. The van der Waals surface area contributed by atoms with Crippen LogP contribution in [0.1, 0.15) is 158 Å². The first-order valence-corrected chi connectivity index (χ1v) is 20.1. The van der Waals surface area contributed by atoms with E-state index in [-0.39, 0.29) is 62.2 Å². The van der Waals surface area contributed by atoms with Crippen LogP contribution in [-0.4, -0.2) is 39.4 Å². The maximum Gasteiger partial charge on any atom is 1.00 e. The summed E-state index contributed by atoms with van der Waals surface area (Å²) in [6, 6.07) is 0. The van der Waals surface area contributed by atoms with E-state index in [1.807, 2.05) is 6.08 Å². The molecule has 8 aliphatic rings. The maximum absolute atomic E-state index is 12.3. The number of aliphatic hydroxyl groups is 1. The summed E-state index contributed by atoms with van der Waals surface area (Å²) in [7, 11) is 0. The summed E-state index contributed by atoms with van der Waals surface area (Å²) >= 11 is 0. The fourth-order valence-electron chi connectivity index (χ4n) is 11.8. The summed E-state index contributed by atoms with van der Waals surface area (Å²) in [6.45, 7) is 14.6. The van der Waals surface area contributed by atoms with E-state index < -0.39 is 11.2 Å². The van der Waals surface area contributed by atoms with Gasteiger partial charge in [0.15, 0.2) is 5.78 Å². The van der Waals surface area contributed by atoms with Crippen molar-refractivity contribution in [1.82, 2.24) is 0 Å². The van der Waals surface area contributed by atoms with Gasteiger partial charge in [-0.25, -0.2) is 0 Å². The van der Waals surface area contributed by atoms with E-state index in [0.717, 1.165) is 101 Å². The Balaban J connectivity index is 0.000000179. The van der Waals surface area contributed by atoms with Gasteiger partial charge in [0.05, 0.1) is 5.60 Å². The van der Waals surface area contributed by atoms with Crippen molar-refractivity contribution in [2.75, 3.05) is 0 Å². The largest absolute Gasteiger partial charge is 1.00 e. The minimum Gasteiger partial charge on any atom is -0.850 e. The predicted molar refractivity (Wildman–Crippen MR) is 196 cm³/mol. The van der Waals surface area contributed by atoms with Crippen molar-refractivity contribution < 1.29 is 80.8 Å². The molecule has 10 atom stereocenters. The Labute approximate surface area is 351 Å². The standard InChI is InChI=1S/2C18H24O2.C4H10O.C4H9O.K/c2*1-18-9-8-14-13-5-3-12(19)10-11(13)2-4-15(14)16(18)6-7-17(18)20;2*1-4(2,3)5;/h10,13-16H,2-9H2,1H3;2,13-16H,3-10H2,1H3;5H,1-3H3;1-3H3;/q;;;-1;+1/t2*13-,14+,15+,16-,18-;;;/m00.../s1. The number of allylic oxidation sites excluding steroid dienone is 3. The summed E-state index contributed by atoms with van der Waals surface area (Å²) < 4.78 is 0. The van der Waals surface area contributed by atoms with E-state index in [1.54, 1.807) is 41.5 Å². The van der Waals surface area contributed by atoms with Crippen LogP contribution in [0.2, 0.25) is 0 Å². The van der Waals surface area contributed by atoms with E-state index in [4.69, 9.17) is 5.11 Å². The molecule has 6 nitrogen and oxygen atoms in total. The second-order valence-electron chi connectivity index (χ2n) is 19.7. The molecular weight excluding hydrogens is 664 g/mol. The molecule has 0 radical (unpaired) electrons. The van der Waals surface area contributed by atoms with Crippen LogP contribution in [0.25, 0.3) is 0 Å². The Morgan fingerprint density at radius 2 is 1.12 bits per heavy atom. The molecular formula is C44H67KO6. The van der Waals surface area contributed by atoms with Gasteiger partial charge >= 0.3 is 51.4 Å². The Kier molecular flexibility index (Phi) is 14.3. The predicted octanol–water partition coefficient (Wildman–Crippen LogP) is 5.32. The number of carbonyl (C=O) groups is 4. The van der Waals surface area contributed by atoms with E-state index in [9.17, 15) is 24.3 Å². The minimum atomic E-state index is -0.750. The van der Waals surface area contributed by atoms with E-state index in [2.05, 4.69) is 19.9 Å². The smallest absolute Gasteiger partial charge is 0.850 e. The SMILES string of the molecule is CC(C)(C)O.CC(C)(C)[O-].C[C@]12CC[C@H]3[C@@H](CC=C4CC(=O)CC[C@@H]43)[C@@H]1CCC2=O.C[C@]12CC[C@H]3[C@@H](CCC4=CC(=O)CC[C@@H]43)[C@@H]1CCC2=O.[K+]. The van der Waals surface area contributed by atoms with E-state index in [1.165, 1.54) is 30.4 Å². The third kappa shape index (κ3) is 10.1. The van der Waals surface area contributed by atoms with Gasteiger partial charge in [-0.05, 0) is 145 Å². The average Bonchev–Trinajstić information content (AvgIpc) is 3.49. The second-order valence-corrected chi connectivity index (χ2v) is 19.7. The monoisotopic (exact) mass is 730 g/mol. The van der Waals surface area contributed by atoms with Gasteiger partial charge in [0, 0.05) is 42.9 Å². The third-order valence-electron chi connectivity index (χ3n) is 14.0. The molecule has 8 rings (SSSR count). The molecule has 0 saturated heterocycles. The zero-order valence-electron chi connectivity index (χ0n) is 33.6. The summed E-state index contributed by atoms with van der Waals surface area (Å²) in [4.78, 5) is 47.8.